The third-order valence-corrected chi connectivity index (χ3v) is 5.12. The van der Waals surface area contributed by atoms with Gasteiger partial charge in [-0.3, -0.25) is 10.1 Å². The van der Waals surface area contributed by atoms with E-state index in [-0.39, 0.29) is 16.5 Å². The van der Waals surface area contributed by atoms with Crippen molar-refractivity contribution >= 4 is 32.5 Å². The van der Waals surface area contributed by atoms with Crippen LogP contribution in [0.1, 0.15) is 18.4 Å². The van der Waals surface area contributed by atoms with Crippen molar-refractivity contribution in [3.05, 3.63) is 50.7 Å². The first-order valence-corrected chi connectivity index (χ1v) is 9.37. The van der Waals surface area contributed by atoms with Gasteiger partial charge in [-0.25, -0.2) is 8.42 Å². The van der Waals surface area contributed by atoms with E-state index in [1.165, 1.54) is 18.2 Å². The van der Waals surface area contributed by atoms with Crippen molar-refractivity contribution in [2.75, 3.05) is 18.1 Å². The van der Waals surface area contributed by atoms with E-state index in [1.54, 1.807) is 11.3 Å². The van der Waals surface area contributed by atoms with E-state index in [0.29, 0.717) is 6.54 Å². The van der Waals surface area contributed by atoms with Gasteiger partial charge in [-0.15, -0.1) is 0 Å². The molecule has 1 atom stereocenters. The predicted molar refractivity (Wildman–Crippen MR) is 87.4 cm³/mol. The zero-order chi connectivity index (χ0) is 16.3. The van der Waals surface area contributed by atoms with Crippen molar-refractivity contribution in [2.45, 2.75) is 17.7 Å². The molecule has 6 nitrogen and oxygen atoms in total. The molecule has 22 heavy (non-hydrogen) atoms. The third kappa shape index (κ3) is 3.63. The van der Waals surface area contributed by atoms with Crippen molar-refractivity contribution in [3.8, 4) is 0 Å². The first kappa shape index (κ1) is 16.4. The van der Waals surface area contributed by atoms with Crippen LogP contribution in [-0.2, 0) is 9.84 Å². The van der Waals surface area contributed by atoms with Crippen LogP contribution in [0.4, 0.5) is 11.4 Å². The lowest BCUT2D eigenvalue weighted by Crippen LogP contribution is -2.12. The van der Waals surface area contributed by atoms with Crippen molar-refractivity contribution in [1.82, 2.24) is 0 Å². The monoisotopic (exact) mass is 340 g/mol. The molecular weight excluding hydrogens is 324 g/mol. The molecule has 0 saturated heterocycles. The highest BCUT2D eigenvalue weighted by Crippen LogP contribution is 2.32. The summed E-state index contributed by atoms with van der Waals surface area (Å²) >= 11 is 1.59. The van der Waals surface area contributed by atoms with Gasteiger partial charge in [0.2, 0.25) is 0 Å². The molecule has 0 aliphatic heterocycles. The number of sulfone groups is 1. The highest BCUT2D eigenvalue weighted by atomic mass is 32.2. The Morgan fingerprint density at radius 1 is 1.36 bits per heavy atom. The minimum atomic E-state index is -3.66. The summed E-state index contributed by atoms with van der Waals surface area (Å²) in [5.74, 6) is 0.160. The van der Waals surface area contributed by atoms with Gasteiger partial charge < -0.3 is 5.32 Å². The fourth-order valence-electron chi connectivity index (χ4n) is 2.09. The van der Waals surface area contributed by atoms with Crippen LogP contribution in [-0.4, -0.2) is 26.1 Å². The molecule has 8 heteroatoms. The smallest absolute Gasteiger partial charge is 0.310 e. The van der Waals surface area contributed by atoms with Crippen LogP contribution in [0.5, 0.6) is 0 Å². The zero-order valence-electron chi connectivity index (χ0n) is 12.1. The molecule has 1 unspecified atom stereocenters. The normalized spacial score (nSPS) is 12.8. The van der Waals surface area contributed by atoms with Gasteiger partial charge in [-0.2, -0.15) is 11.3 Å². The average Bonchev–Trinajstić information content (AvgIpc) is 2.97. The van der Waals surface area contributed by atoms with Crippen molar-refractivity contribution < 1.29 is 13.3 Å². The number of benzene rings is 1. The molecule has 0 radical (unpaired) electrons. The molecular formula is C14H16N2O4S2. The van der Waals surface area contributed by atoms with E-state index < -0.39 is 20.4 Å². The van der Waals surface area contributed by atoms with E-state index in [9.17, 15) is 18.5 Å². The Bertz CT molecular complexity index is 770. The lowest BCUT2D eigenvalue weighted by molar-refractivity contribution is -0.386. The highest BCUT2D eigenvalue weighted by molar-refractivity contribution is 7.90. The van der Waals surface area contributed by atoms with Crippen molar-refractivity contribution in [3.63, 3.8) is 0 Å². The first-order chi connectivity index (χ1) is 10.3. The first-order valence-electron chi connectivity index (χ1n) is 6.54. The third-order valence-electron chi connectivity index (χ3n) is 3.29. The number of para-hydroxylation sites is 1. The van der Waals surface area contributed by atoms with E-state index >= 15 is 0 Å². The fourth-order valence-corrected chi connectivity index (χ4v) is 3.73. The van der Waals surface area contributed by atoms with Gasteiger partial charge in [0.05, 0.1) is 4.92 Å². The number of rotatable bonds is 6. The molecule has 1 aromatic carbocycles. The quantitative estimate of drug-likeness (QED) is 0.644. The molecule has 0 spiro atoms. The number of hydrogen-bond acceptors (Lipinski definition) is 6. The fraction of sp³-hybridized carbons (Fsp3) is 0.286. The second-order valence-electron chi connectivity index (χ2n) is 5.02. The summed E-state index contributed by atoms with van der Waals surface area (Å²) in [5, 5.41) is 18.3. The maximum absolute atomic E-state index is 11.7. The number of hydrogen-bond donors (Lipinski definition) is 1. The minimum absolute atomic E-state index is 0.160. The average molecular weight is 340 g/mol. The van der Waals surface area contributed by atoms with Crippen molar-refractivity contribution in [1.29, 1.82) is 0 Å². The van der Waals surface area contributed by atoms with Gasteiger partial charge in [0.15, 0.2) is 9.84 Å². The predicted octanol–water partition coefficient (Wildman–Crippen LogP) is 3.28. The Morgan fingerprint density at radius 3 is 2.64 bits per heavy atom. The van der Waals surface area contributed by atoms with Gasteiger partial charge >= 0.3 is 5.69 Å². The van der Waals surface area contributed by atoms with Crippen LogP contribution >= 0.6 is 11.3 Å². The van der Waals surface area contributed by atoms with Crippen molar-refractivity contribution in [2.24, 2.45) is 0 Å². The Hall–Kier alpha value is -1.93. The van der Waals surface area contributed by atoms with Crippen LogP contribution in [0, 0.1) is 10.1 Å². The highest BCUT2D eigenvalue weighted by Gasteiger charge is 2.26. The topological polar surface area (TPSA) is 89.3 Å². The molecule has 0 aliphatic carbocycles. The van der Waals surface area contributed by atoms with E-state index in [1.807, 2.05) is 23.8 Å². The number of nitro groups is 1. The second kappa shape index (κ2) is 6.45. The molecule has 0 bridgehead atoms. The summed E-state index contributed by atoms with van der Waals surface area (Å²) in [6.07, 6.45) is 0.965. The molecule has 118 valence electrons. The van der Waals surface area contributed by atoms with Crippen LogP contribution in [0.2, 0.25) is 0 Å². The second-order valence-corrected chi connectivity index (χ2v) is 7.78. The molecule has 1 heterocycles. The molecule has 0 saturated carbocycles. The Morgan fingerprint density at radius 2 is 2.09 bits per heavy atom. The minimum Gasteiger partial charge on any atom is -0.379 e. The van der Waals surface area contributed by atoms with Gasteiger partial charge in [0, 0.05) is 12.8 Å². The van der Waals surface area contributed by atoms with Gasteiger partial charge in [0.1, 0.15) is 10.6 Å². The summed E-state index contributed by atoms with van der Waals surface area (Å²) < 4.78 is 23.4. The van der Waals surface area contributed by atoms with E-state index in [2.05, 4.69) is 5.32 Å². The molecule has 1 N–H and O–H groups in total. The molecule has 0 aliphatic rings. The Kier molecular flexibility index (Phi) is 4.82. The summed E-state index contributed by atoms with van der Waals surface area (Å²) in [6.45, 7) is 2.48. The van der Waals surface area contributed by atoms with Crippen LogP contribution in [0.3, 0.4) is 0 Å². The lowest BCUT2D eigenvalue weighted by atomic mass is 10.1. The summed E-state index contributed by atoms with van der Waals surface area (Å²) in [5.41, 5.74) is 0.956. The molecule has 0 amide bonds. The largest absolute Gasteiger partial charge is 0.379 e. The van der Waals surface area contributed by atoms with Gasteiger partial charge in [-0.1, -0.05) is 13.0 Å². The van der Waals surface area contributed by atoms with Gasteiger partial charge in [-0.05, 0) is 40.4 Å². The van der Waals surface area contributed by atoms with Crippen LogP contribution in [0.25, 0.3) is 0 Å². The standard InChI is InChI=1S/C14H16N2O4S2/c1-10(11-6-7-21-9-11)8-15-12-4-3-5-13(22(2,19)20)14(12)16(17)18/h3-7,9-10,15H,8H2,1-2H3. The van der Waals surface area contributed by atoms with Crippen LogP contribution < -0.4 is 5.32 Å². The Labute approximate surface area is 132 Å². The molecule has 2 aromatic rings. The lowest BCUT2D eigenvalue weighted by Gasteiger charge is -2.13. The number of nitrogens with one attached hydrogen (secondary N) is 1. The Balaban J connectivity index is 2.30. The zero-order valence-corrected chi connectivity index (χ0v) is 13.8. The molecule has 2 rings (SSSR count). The number of nitro benzene ring substituents is 1. The van der Waals surface area contributed by atoms with Gasteiger partial charge in [0.25, 0.3) is 0 Å². The van der Waals surface area contributed by atoms with Crippen LogP contribution in [0.15, 0.2) is 39.9 Å². The summed E-state index contributed by atoms with van der Waals surface area (Å²) in [6, 6.07) is 6.27. The number of nitrogens with zero attached hydrogens (tertiary/aromatic N) is 1. The SMILES string of the molecule is CC(CNc1cccc(S(C)(=O)=O)c1[N+](=O)[O-])c1ccsc1. The molecule has 0 fully saturated rings. The maximum atomic E-state index is 11.7. The number of thiophene rings is 1. The van der Waals surface area contributed by atoms with E-state index in [0.717, 1.165) is 11.8 Å². The summed E-state index contributed by atoms with van der Waals surface area (Å²) in [7, 11) is -3.66. The summed E-state index contributed by atoms with van der Waals surface area (Å²) in [4.78, 5) is 10.3. The molecule has 1 aromatic heterocycles. The maximum Gasteiger partial charge on any atom is 0.310 e. The number of anilines is 1. The van der Waals surface area contributed by atoms with E-state index in [4.69, 9.17) is 0 Å².